The van der Waals surface area contributed by atoms with Gasteiger partial charge in [-0.3, -0.25) is 5.32 Å². The van der Waals surface area contributed by atoms with E-state index in [0.29, 0.717) is 10.9 Å². The number of nitrogens with one attached hydrogen (secondary N) is 2. The number of benzene rings is 4. The lowest BCUT2D eigenvalue weighted by Crippen LogP contribution is -2.38. The number of nitrogens with zero attached hydrogens (tertiary/aromatic N) is 3. The molecule has 3 N–H and O–H groups in total. The van der Waals surface area contributed by atoms with E-state index in [0.717, 1.165) is 22.3 Å². The summed E-state index contributed by atoms with van der Waals surface area (Å²) in [5, 5.41) is 21.1. The Bertz CT molecular complexity index is 1780. The van der Waals surface area contributed by atoms with Gasteiger partial charge < -0.3 is 10.4 Å². The molecule has 0 aliphatic heterocycles. The number of carbonyl (C=O) groups is 2. The number of aromatic nitrogens is 3. The molecule has 0 aliphatic carbocycles. The first-order valence-electron chi connectivity index (χ1n) is 13.9. The summed E-state index contributed by atoms with van der Waals surface area (Å²) in [6.07, 6.45) is 1.45. The fourth-order valence-corrected chi connectivity index (χ4v) is 5.57. The Balaban J connectivity index is 1.54. The largest absolute Gasteiger partial charge is 0.476 e. The van der Waals surface area contributed by atoms with E-state index in [4.69, 9.17) is 5.10 Å². The molecule has 0 fully saturated rings. The maximum absolute atomic E-state index is 13.0. The number of carboxylic acid groups (broad SMARTS) is 1. The summed E-state index contributed by atoms with van der Waals surface area (Å²) in [7, 11) is 0. The molecule has 0 aliphatic rings. The minimum Gasteiger partial charge on any atom is -0.476 e. The molecule has 4 aromatic carbocycles. The Hall–Kier alpha value is -5.76. The number of hydrogen-bond donors (Lipinski definition) is 3. The first kappa shape index (κ1) is 27.4. The second-order valence-corrected chi connectivity index (χ2v) is 10.2. The number of rotatable bonds is 8. The van der Waals surface area contributed by atoms with Gasteiger partial charge in [-0.05, 0) is 29.2 Å². The third-order valence-corrected chi connectivity index (χ3v) is 7.55. The van der Waals surface area contributed by atoms with Crippen molar-refractivity contribution in [2.75, 3.05) is 5.32 Å². The number of pyridine rings is 1. The molecule has 2 aromatic heterocycles. The molecule has 0 bridgehead atoms. The molecule has 0 radical (unpaired) electrons. The monoisotopic (exact) mass is 567 g/mol. The lowest BCUT2D eigenvalue weighted by Gasteiger charge is -2.37. The number of aromatic carboxylic acids is 1. The molecule has 2 amide bonds. The van der Waals surface area contributed by atoms with Crippen LogP contribution in [0.4, 0.5) is 10.6 Å². The van der Waals surface area contributed by atoms with Crippen molar-refractivity contribution in [1.29, 1.82) is 0 Å². The van der Waals surface area contributed by atoms with Gasteiger partial charge in [0.1, 0.15) is 11.4 Å². The van der Waals surface area contributed by atoms with Crippen molar-refractivity contribution in [2.24, 2.45) is 0 Å². The predicted molar refractivity (Wildman–Crippen MR) is 166 cm³/mol. The molecule has 0 saturated heterocycles. The van der Waals surface area contributed by atoms with Crippen molar-refractivity contribution < 1.29 is 14.7 Å². The molecule has 0 spiro atoms. The summed E-state index contributed by atoms with van der Waals surface area (Å²) in [6.45, 7) is 1.90. The van der Waals surface area contributed by atoms with Crippen LogP contribution in [0, 0.1) is 0 Å². The number of anilines is 1. The second-order valence-electron chi connectivity index (χ2n) is 10.2. The van der Waals surface area contributed by atoms with Gasteiger partial charge in [-0.1, -0.05) is 121 Å². The molecule has 6 aromatic rings. The lowest BCUT2D eigenvalue weighted by atomic mass is 9.77. The highest BCUT2D eigenvalue weighted by molar-refractivity contribution is 6.02. The molecule has 8 nitrogen and oxygen atoms in total. The highest BCUT2D eigenvalue weighted by Gasteiger charge is 2.41. The van der Waals surface area contributed by atoms with Gasteiger partial charge in [0.05, 0.1) is 16.9 Å². The number of amides is 2. The fraction of sp³-hybridized carbons (Fsp3) is 0.0857. The van der Waals surface area contributed by atoms with Gasteiger partial charge >= 0.3 is 12.0 Å². The Labute approximate surface area is 248 Å². The van der Waals surface area contributed by atoms with Crippen LogP contribution in [-0.4, -0.2) is 31.9 Å². The van der Waals surface area contributed by atoms with Crippen molar-refractivity contribution >= 4 is 28.7 Å². The van der Waals surface area contributed by atoms with E-state index in [1.54, 1.807) is 10.7 Å². The van der Waals surface area contributed by atoms with Gasteiger partial charge in [-0.15, -0.1) is 0 Å². The molecule has 0 unspecified atom stereocenters. The van der Waals surface area contributed by atoms with E-state index in [9.17, 15) is 14.7 Å². The van der Waals surface area contributed by atoms with E-state index >= 15 is 0 Å². The van der Waals surface area contributed by atoms with Crippen LogP contribution in [-0.2, 0) is 5.54 Å². The summed E-state index contributed by atoms with van der Waals surface area (Å²) in [6, 6.07) is 40.2. The molecule has 8 heteroatoms. The minimum atomic E-state index is -1.18. The van der Waals surface area contributed by atoms with Crippen LogP contribution in [0.1, 0.15) is 45.7 Å². The van der Waals surface area contributed by atoms with E-state index in [1.807, 2.05) is 128 Å². The van der Waals surface area contributed by atoms with Gasteiger partial charge in [0, 0.05) is 12.3 Å². The van der Waals surface area contributed by atoms with Crippen LogP contribution < -0.4 is 10.6 Å². The highest BCUT2D eigenvalue weighted by atomic mass is 16.4. The first-order valence-corrected chi connectivity index (χ1v) is 13.9. The van der Waals surface area contributed by atoms with Crippen molar-refractivity contribution in [3.63, 3.8) is 0 Å². The Kier molecular flexibility index (Phi) is 7.41. The zero-order valence-electron chi connectivity index (χ0n) is 23.4. The molecule has 0 saturated carbocycles. The lowest BCUT2D eigenvalue weighted by molar-refractivity contribution is 0.0691. The van der Waals surface area contributed by atoms with Crippen molar-refractivity contribution in [3.8, 4) is 0 Å². The maximum atomic E-state index is 13.0. The van der Waals surface area contributed by atoms with Crippen LogP contribution in [0.5, 0.6) is 0 Å². The van der Waals surface area contributed by atoms with E-state index < -0.39 is 17.5 Å². The number of hydrogen-bond acceptors (Lipinski definition) is 4. The van der Waals surface area contributed by atoms with Crippen LogP contribution >= 0.6 is 0 Å². The summed E-state index contributed by atoms with van der Waals surface area (Å²) in [5.74, 6) is -0.921. The van der Waals surface area contributed by atoms with Crippen molar-refractivity contribution in [2.45, 2.75) is 18.5 Å². The van der Waals surface area contributed by atoms with Gasteiger partial charge in [0.25, 0.3) is 0 Å². The van der Waals surface area contributed by atoms with Crippen LogP contribution in [0.25, 0.3) is 10.9 Å². The van der Waals surface area contributed by atoms with Crippen LogP contribution in [0.2, 0.25) is 0 Å². The van der Waals surface area contributed by atoms with Gasteiger partial charge in [0.2, 0.25) is 0 Å². The fourth-order valence-electron chi connectivity index (χ4n) is 5.57. The van der Waals surface area contributed by atoms with Gasteiger partial charge in [-0.2, -0.15) is 5.10 Å². The Morgan fingerprint density at radius 1 is 0.767 bits per heavy atom. The standard InChI is InChI=1S/C35H29N5O3/c1-24(25-14-6-2-7-15-25)37-34(43)38-31-22-30-29(23-36-31)32(33(41)42)39-40(30)35(26-16-8-3-9-17-26,27-18-10-4-11-19-27)28-20-12-5-13-21-28/h2-24H,1H3,(H,41,42)(H2,36,37,38,43)/t24-/m1/s1. The Morgan fingerprint density at radius 3 is 1.74 bits per heavy atom. The Morgan fingerprint density at radius 2 is 1.26 bits per heavy atom. The summed E-state index contributed by atoms with van der Waals surface area (Å²) in [4.78, 5) is 29.9. The third-order valence-electron chi connectivity index (χ3n) is 7.55. The first-order chi connectivity index (χ1) is 21.0. The molecular formula is C35H29N5O3. The van der Waals surface area contributed by atoms with E-state index in [2.05, 4.69) is 15.6 Å². The third kappa shape index (κ3) is 5.10. The van der Waals surface area contributed by atoms with Gasteiger partial charge in [-0.25, -0.2) is 19.3 Å². The zero-order valence-corrected chi connectivity index (χ0v) is 23.4. The molecule has 43 heavy (non-hydrogen) atoms. The quantitative estimate of drug-likeness (QED) is 0.174. The summed E-state index contributed by atoms with van der Waals surface area (Å²) < 4.78 is 1.74. The number of carboxylic acids is 1. The summed E-state index contributed by atoms with van der Waals surface area (Å²) in [5.41, 5.74) is 2.92. The number of carbonyl (C=O) groups excluding carboxylic acids is 1. The maximum Gasteiger partial charge on any atom is 0.357 e. The van der Waals surface area contributed by atoms with Crippen LogP contribution in [0.15, 0.2) is 134 Å². The topological polar surface area (TPSA) is 109 Å². The predicted octanol–water partition coefficient (Wildman–Crippen LogP) is 6.85. The van der Waals surface area contributed by atoms with Crippen LogP contribution in [0.3, 0.4) is 0 Å². The minimum absolute atomic E-state index is 0.136. The van der Waals surface area contributed by atoms with E-state index in [-0.39, 0.29) is 17.6 Å². The average molecular weight is 568 g/mol. The van der Waals surface area contributed by atoms with Crippen molar-refractivity contribution in [3.05, 3.63) is 162 Å². The normalized spacial score (nSPS) is 12.0. The number of fused-ring (bicyclic) bond motifs is 1. The smallest absolute Gasteiger partial charge is 0.357 e. The summed E-state index contributed by atoms with van der Waals surface area (Å²) >= 11 is 0. The van der Waals surface area contributed by atoms with E-state index in [1.165, 1.54) is 6.20 Å². The average Bonchev–Trinajstić information content (AvgIpc) is 3.43. The second kappa shape index (κ2) is 11.6. The van der Waals surface area contributed by atoms with Gasteiger partial charge in [0.15, 0.2) is 5.69 Å². The SMILES string of the molecule is C[C@@H](NC(=O)Nc1cc2c(cn1)c(C(=O)O)nn2C(c1ccccc1)(c1ccccc1)c1ccccc1)c1ccccc1. The highest BCUT2D eigenvalue weighted by Crippen LogP contribution is 2.42. The number of urea groups is 1. The molecule has 1 atom stereocenters. The molecule has 6 rings (SSSR count). The molecule has 2 heterocycles. The molecule has 212 valence electrons. The zero-order chi connectivity index (χ0) is 29.8. The van der Waals surface area contributed by atoms with Crippen molar-refractivity contribution in [1.82, 2.24) is 20.1 Å². The molecular weight excluding hydrogens is 538 g/mol.